The molecule has 0 radical (unpaired) electrons. The molecule has 5 heteroatoms. The van der Waals surface area contributed by atoms with E-state index in [9.17, 15) is 4.79 Å². The third kappa shape index (κ3) is 5.00. The van der Waals surface area contributed by atoms with Crippen molar-refractivity contribution in [2.75, 3.05) is 18.8 Å². The minimum absolute atomic E-state index is 0.114. The molecule has 148 valence electrons. The molecule has 3 N–H and O–H groups in total. The minimum atomic E-state index is -0.114. The molecule has 1 fully saturated rings. The van der Waals surface area contributed by atoms with Crippen LogP contribution in [0.4, 0.5) is 5.69 Å². The maximum Gasteiger partial charge on any atom is 0.270 e. The van der Waals surface area contributed by atoms with Crippen molar-refractivity contribution in [3.63, 3.8) is 0 Å². The number of hydrogen-bond acceptors (Lipinski definition) is 4. The van der Waals surface area contributed by atoms with Crippen LogP contribution in [0.25, 0.3) is 11.3 Å². The van der Waals surface area contributed by atoms with Gasteiger partial charge in [-0.2, -0.15) is 0 Å². The number of nitrogens with one attached hydrogen (secondary N) is 1. The lowest BCUT2D eigenvalue weighted by Crippen LogP contribution is -2.44. The van der Waals surface area contributed by atoms with Gasteiger partial charge in [0.2, 0.25) is 0 Å². The van der Waals surface area contributed by atoms with Gasteiger partial charge in [0.15, 0.2) is 0 Å². The summed E-state index contributed by atoms with van der Waals surface area (Å²) >= 11 is 0. The Morgan fingerprint density at radius 3 is 2.52 bits per heavy atom. The van der Waals surface area contributed by atoms with E-state index in [0.717, 1.165) is 43.7 Å². The molecule has 5 nitrogen and oxygen atoms in total. The quantitative estimate of drug-likeness (QED) is 0.656. The number of rotatable bonds is 5. The number of benzene rings is 2. The van der Waals surface area contributed by atoms with Gasteiger partial charge in [0, 0.05) is 36.9 Å². The van der Waals surface area contributed by atoms with E-state index in [2.05, 4.69) is 39.5 Å². The number of hydrogen-bond donors (Lipinski definition) is 2. The van der Waals surface area contributed by atoms with Crippen LogP contribution in [0.2, 0.25) is 0 Å². The number of amides is 1. The third-order valence-corrected chi connectivity index (χ3v) is 5.34. The SMILES string of the molecule is Nc1cccc(-c2cccc(C(=O)NC3CCN(Cc4ccccc4)CC3)n2)c1. The molecule has 0 unspecified atom stereocenters. The van der Waals surface area contributed by atoms with Crippen molar-refractivity contribution in [2.24, 2.45) is 0 Å². The number of anilines is 1. The summed E-state index contributed by atoms with van der Waals surface area (Å²) in [7, 11) is 0. The van der Waals surface area contributed by atoms with Crippen LogP contribution in [0.5, 0.6) is 0 Å². The van der Waals surface area contributed by atoms with Crippen LogP contribution in [0.3, 0.4) is 0 Å². The van der Waals surface area contributed by atoms with Crippen molar-refractivity contribution < 1.29 is 4.79 Å². The van der Waals surface area contributed by atoms with Crippen LogP contribution in [0, 0.1) is 0 Å². The normalized spacial score (nSPS) is 15.2. The Morgan fingerprint density at radius 1 is 1.00 bits per heavy atom. The van der Waals surface area contributed by atoms with Gasteiger partial charge in [0.1, 0.15) is 5.69 Å². The van der Waals surface area contributed by atoms with Crippen molar-refractivity contribution in [1.29, 1.82) is 0 Å². The maximum atomic E-state index is 12.7. The Balaban J connectivity index is 1.34. The largest absolute Gasteiger partial charge is 0.399 e. The fourth-order valence-electron chi connectivity index (χ4n) is 3.76. The molecule has 2 aromatic carbocycles. The van der Waals surface area contributed by atoms with Gasteiger partial charge in [-0.15, -0.1) is 0 Å². The van der Waals surface area contributed by atoms with Gasteiger partial charge in [0.25, 0.3) is 5.91 Å². The highest BCUT2D eigenvalue weighted by molar-refractivity contribution is 5.93. The van der Waals surface area contributed by atoms with Crippen LogP contribution >= 0.6 is 0 Å². The van der Waals surface area contributed by atoms with Crippen LogP contribution in [-0.2, 0) is 6.54 Å². The standard InChI is InChI=1S/C24H26N4O/c25-20-9-4-8-19(16-20)22-10-5-11-23(27-22)24(29)26-21-12-14-28(15-13-21)17-18-6-2-1-3-7-18/h1-11,16,21H,12-15,17,25H2,(H,26,29). The first-order valence-corrected chi connectivity index (χ1v) is 10.1. The van der Waals surface area contributed by atoms with Crippen LogP contribution in [0.1, 0.15) is 28.9 Å². The van der Waals surface area contributed by atoms with E-state index in [1.807, 2.05) is 42.5 Å². The van der Waals surface area contributed by atoms with E-state index in [1.165, 1.54) is 5.56 Å². The molecular formula is C24H26N4O. The Hall–Kier alpha value is -3.18. The van der Waals surface area contributed by atoms with Crippen molar-refractivity contribution in [2.45, 2.75) is 25.4 Å². The van der Waals surface area contributed by atoms with Crippen LogP contribution < -0.4 is 11.1 Å². The molecule has 3 aromatic rings. The predicted molar refractivity (Wildman–Crippen MR) is 116 cm³/mol. The molecule has 0 spiro atoms. The number of nitrogens with two attached hydrogens (primary N) is 1. The van der Waals surface area contributed by atoms with Gasteiger partial charge in [-0.25, -0.2) is 4.98 Å². The zero-order valence-corrected chi connectivity index (χ0v) is 16.4. The predicted octanol–water partition coefficient (Wildman–Crippen LogP) is 3.73. The molecular weight excluding hydrogens is 360 g/mol. The van der Waals surface area contributed by atoms with Gasteiger partial charge in [-0.05, 0) is 42.7 Å². The highest BCUT2D eigenvalue weighted by atomic mass is 16.1. The summed E-state index contributed by atoms with van der Waals surface area (Å²) in [5.74, 6) is -0.114. The van der Waals surface area contributed by atoms with Crippen molar-refractivity contribution >= 4 is 11.6 Å². The molecule has 0 bridgehead atoms. The van der Waals surface area contributed by atoms with E-state index in [4.69, 9.17) is 5.73 Å². The lowest BCUT2D eigenvalue weighted by Gasteiger charge is -2.32. The number of piperidine rings is 1. The van der Waals surface area contributed by atoms with E-state index in [0.29, 0.717) is 11.4 Å². The topological polar surface area (TPSA) is 71.2 Å². The second kappa shape index (κ2) is 8.88. The first-order chi connectivity index (χ1) is 14.2. The molecule has 0 aliphatic carbocycles. The van der Waals surface area contributed by atoms with Crippen molar-refractivity contribution in [1.82, 2.24) is 15.2 Å². The van der Waals surface area contributed by atoms with Gasteiger partial charge >= 0.3 is 0 Å². The van der Waals surface area contributed by atoms with Gasteiger partial charge < -0.3 is 11.1 Å². The average Bonchev–Trinajstić information content (AvgIpc) is 2.76. The molecule has 1 amide bonds. The van der Waals surface area contributed by atoms with Gasteiger partial charge in [-0.1, -0.05) is 48.5 Å². The summed E-state index contributed by atoms with van der Waals surface area (Å²) in [6.07, 6.45) is 1.90. The van der Waals surface area contributed by atoms with E-state index in [-0.39, 0.29) is 11.9 Å². The summed E-state index contributed by atoms with van der Waals surface area (Å²) in [5.41, 5.74) is 9.98. The van der Waals surface area contributed by atoms with Crippen LogP contribution in [-0.4, -0.2) is 34.9 Å². The second-order valence-electron chi connectivity index (χ2n) is 7.54. The third-order valence-electron chi connectivity index (χ3n) is 5.34. The smallest absolute Gasteiger partial charge is 0.270 e. The number of nitrogens with zero attached hydrogens (tertiary/aromatic N) is 2. The molecule has 4 rings (SSSR count). The highest BCUT2D eigenvalue weighted by Gasteiger charge is 2.21. The lowest BCUT2D eigenvalue weighted by atomic mass is 10.0. The molecule has 1 saturated heterocycles. The zero-order valence-electron chi connectivity index (χ0n) is 16.4. The molecule has 0 atom stereocenters. The van der Waals surface area contributed by atoms with Crippen molar-refractivity contribution in [3.05, 3.63) is 84.1 Å². The first kappa shape index (κ1) is 19.2. The summed E-state index contributed by atoms with van der Waals surface area (Å²) in [4.78, 5) is 19.7. The Bertz CT molecular complexity index is 965. The number of nitrogen functional groups attached to an aromatic ring is 1. The molecule has 1 aromatic heterocycles. The molecule has 1 aliphatic heterocycles. The van der Waals surface area contributed by atoms with Gasteiger partial charge in [0.05, 0.1) is 5.69 Å². The molecule has 0 saturated carbocycles. The number of carbonyl (C=O) groups excluding carboxylic acids is 1. The number of carbonyl (C=O) groups is 1. The summed E-state index contributed by atoms with van der Waals surface area (Å²) < 4.78 is 0. The fourth-order valence-corrected chi connectivity index (χ4v) is 3.76. The lowest BCUT2D eigenvalue weighted by molar-refractivity contribution is 0.0904. The van der Waals surface area contributed by atoms with Crippen LogP contribution in [0.15, 0.2) is 72.8 Å². The molecule has 1 aliphatic rings. The number of likely N-dealkylation sites (tertiary alicyclic amines) is 1. The minimum Gasteiger partial charge on any atom is -0.399 e. The fraction of sp³-hybridized carbons (Fsp3) is 0.250. The van der Waals surface area contributed by atoms with E-state index in [1.54, 1.807) is 6.07 Å². The van der Waals surface area contributed by atoms with Crippen molar-refractivity contribution in [3.8, 4) is 11.3 Å². The first-order valence-electron chi connectivity index (χ1n) is 10.1. The molecule has 29 heavy (non-hydrogen) atoms. The summed E-state index contributed by atoms with van der Waals surface area (Å²) in [6, 6.07) is 23.8. The van der Waals surface area contributed by atoms with E-state index < -0.39 is 0 Å². The Kier molecular flexibility index (Phi) is 5.86. The number of pyridine rings is 1. The molecule has 2 heterocycles. The monoisotopic (exact) mass is 386 g/mol. The van der Waals surface area contributed by atoms with E-state index >= 15 is 0 Å². The maximum absolute atomic E-state index is 12.7. The Labute approximate surface area is 171 Å². The number of aromatic nitrogens is 1. The highest BCUT2D eigenvalue weighted by Crippen LogP contribution is 2.20. The zero-order chi connectivity index (χ0) is 20.1. The second-order valence-corrected chi connectivity index (χ2v) is 7.54. The summed E-state index contributed by atoms with van der Waals surface area (Å²) in [6.45, 7) is 2.93. The Morgan fingerprint density at radius 2 is 1.76 bits per heavy atom. The van der Waals surface area contributed by atoms with Gasteiger partial charge in [-0.3, -0.25) is 9.69 Å². The average molecular weight is 386 g/mol. The summed E-state index contributed by atoms with van der Waals surface area (Å²) in [5, 5.41) is 3.16.